The number of nitrogens with one attached hydrogen (secondary N) is 1. The average Bonchev–Trinajstić information content (AvgIpc) is 2.45. The van der Waals surface area contributed by atoms with Gasteiger partial charge >= 0.3 is 11.9 Å². The Morgan fingerprint density at radius 2 is 1.95 bits per heavy atom. The number of carboxylic acids is 1. The molecule has 21 heavy (non-hydrogen) atoms. The van der Waals surface area contributed by atoms with Gasteiger partial charge in [0.1, 0.15) is 6.04 Å². The molecule has 1 saturated heterocycles. The number of aliphatic carboxylic acids is 1. The zero-order valence-corrected chi connectivity index (χ0v) is 12.5. The molecule has 1 aliphatic heterocycles. The quantitative estimate of drug-likeness (QED) is 0.487. The van der Waals surface area contributed by atoms with Crippen LogP contribution in [0.2, 0.25) is 0 Å². The number of ether oxygens (including phenoxy) is 1. The zero-order valence-electron chi connectivity index (χ0n) is 11.7. The van der Waals surface area contributed by atoms with Gasteiger partial charge in [0.2, 0.25) is 0 Å². The van der Waals surface area contributed by atoms with E-state index in [1.165, 1.54) is 0 Å². The number of carboxylic acid groups (broad SMARTS) is 1. The van der Waals surface area contributed by atoms with Crippen molar-refractivity contribution in [3.8, 4) is 0 Å². The summed E-state index contributed by atoms with van der Waals surface area (Å²) in [5.74, 6) is -2.15. The highest BCUT2D eigenvalue weighted by molar-refractivity contribution is 7.87. The Bertz CT molecular complexity index is 471. The maximum atomic E-state index is 12.0. The van der Waals surface area contributed by atoms with Gasteiger partial charge in [-0.05, 0) is 19.8 Å². The van der Waals surface area contributed by atoms with Crippen LogP contribution in [0.3, 0.4) is 0 Å². The fourth-order valence-electron chi connectivity index (χ4n) is 2.01. The molecule has 1 rings (SSSR count). The maximum absolute atomic E-state index is 12.0. The van der Waals surface area contributed by atoms with E-state index in [0.717, 1.165) is 4.31 Å². The number of rotatable bonds is 7. The van der Waals surface area contributed by atoms with Crippen molar-refractivity contribution in [2.75, 3.05) is 26.3 Å². The molecule has 1 unspecified atom stereocenters. The maximum Gasteiger partial charge on any atom is 0.324 e. The van der Waals surface area contributed by atoms with Crippen LogP contribution in [0.4, 0.5) is 0 Å². The van der Waals surface area contributed by atoms with Crippen LogP contribution in [0.15, 0.2) is 0 Å². The van der Waals surface area contributed by atoms with Gasteiger partial charge < -0.3 is 14.9 Å². The molecule has 0 bridgehead atoms. The summed E-state index contributed by atoms with van der Waals surface area (Å²) >= 11 is 0. The van der Waals surface area contributed by atoms with Gasteiger partial charge in [0.15, 0.2) is 0 Å². The van der Waals surface area contributed by atoms with E-state index in [9.17, 15) is 18.0 Å². The second-order valence-corrected chi connectivity index (χ2v) is 6.32. The van der Waals surface area contributed by atoms with Gasteiger partial charge in [-0.2, -0.15) is 17.4 Å². The molecule has 0 aliphatic carbocycles. The topological polar surface area (TPSA) is 133 Å². The summed E-state index contributed by atoms with van der Waals surface area (Å²) in [4.78, 5) is 22.3. The summed E-state index contributed by atoms with van der Waals surface area (Å²) in [6, 6.07) is -1.59. The summed E-state index contributed by atoms with van der Waals surface area (Å²) in [6.07, 6.45) is 0.632. The van der Waals surface area contributed by atoms with Crippen LogP contribution >= 0.6 is 0 Å². The molecular weight excluding hydrogens is 304 g/mol. The highest BCUT2D eigenvalue weighted by atomic mass is 32.2. The Morgan fingerprint density at radius 3 is 2.38 bits per heavy atom. The summed E-state index contributed by atoms with van der Waals surface area (Å²) in [7, 11) is -4.01. The van der Waals surface area contributed by atoms with Crippen molar-refractivity contribution in [1.82, 2.24) is 9.03 Å². The number of hydrogen-bond donors (Lipinski definition) is 3. The van der Waals surface area contributed by atoms with Gasteiger partial charge in [-0.1, -0.05) is 0 Å². The minimum absolute atomic E-state index is 0.0938. The average molecular weight is 324 g/mol. The van der Waals surface area contributed by atoms with E-state index in [0.29, 0.717) is 12.8 Å². The van der Waals surface area contributed by atoms with E-state index < -0.39 is 28.8 Å². The molecule has 0 amide bonds. The number of carbonyl (C=O) groups excluding carboxylic acids is 1. The fraction of sp³-hybridized carbons (Fsp3) is 0.818. The van der Waals surface area contributed by atoms with E-state index in [1.807, 2.05) is 4.72 Å². The second-order valence-electron chi connectivity index (χ2n) is 4.62. The molecule has 0 aromatic rings. The third-order valence-electron chi connectivity index (χ3n) is 3.19. The number of aliphatic hydroxyl groups is 1. The summed E-state index contributed by atoms with van der Waals surface area (Å²) in [6.45, 7) is 1.32. The van der Waals surface area contributed by atoms with E-state index in [2.05, 4.69) is 0 Å². The van der Waals surface area contributed by atoms with E-state index in [-0.39, 0.29) is 31.6 Å². The monoisotopic (exact) mass is 324 g/mol. The van der Waals surface area contributed by atoms with Crippen LogP contribution in [0.25, 0.3) is 0 Å². The minimum atomic E-state index is -4.01. The van der Waals surface area contributed by atoms with Crippen LogP contribution in [-0.2, 0) is 24.5 Å². The number of carbonyl (C=O) groups is 2. The molecule has 1 atom stereocenters. The molecular formula is C11H20N2O7S. The van der Waals surface area contributed by atoms with Gasteiger partial charge in [0.05, 0.1) is 19.1 Å². The van der Waals surface area contributed by atoms with Crippen LogP contribution < -0.4 is 4.72 Å². The third-order valence-corrected chi connectivity index (χ3v) is 4.81. The lowest BCUT2D eigenvalue weighted by molar-refractivity contribution is -0.149. The van der Waals surface area contributed by atoms with Gasteiger partial charge in [0.25, 0.3) is 10.2 Å². The van der Waals surface area contributed by atoms with Gasteiger partial charge in [0, 0.05) is 13.1 Å². The number of esters is 1. The molecule has 122 valence electrons. The molecule has 1 heterocycles. The predicted octanol–water partition coefficient (Wildman–Crippen LogP) is -1.46. The Morgan fingerprint density at radius 1 is 1.38 bits per heavy atom. The van der Waals surface area contributed by atoms with Crippen molar-refractivity contribution >= 4 is 22.1 Å². The highest BCUT2D eigenvalue weighted by Crippen LogP contribution is 2.20. The smallest absolute Gasteiger partial charge is 0.324 e. The first-order valence-corrected chi connectivity index (χ1v) is 8.03. The van der Waals surface area contributed by atoms with E-state index in [4.69, 9.17) is 14.9 Å². The van der Waals surface area contributed by atoms with Crippen LogP contribution in [-0.4, -0.2) is 67.2 Å². The lowest BCUT2D eigenvalue weighted by atomic mass is 9.98. The normalized spacial score (nSPS) is 19.1. The van der Waals surface area contributed by atoms with Crippen molar-refractivity contribution in [2.45, 2.75) is 25.8 Å². The minimum Gasteiger partial charge on any atom is -0.480 e. The van der Waals surface area contributed by atoms with E-state index >= 15 is 0 Å². The Balaban J connectivity index is 2.60. The van der Waals surface area contributed by atoms with Gasteiger partial charge in [-0.15, -0.1) is 0 Å². The summed E-state index contributed by atoms with van der Waals surface area (Å²) < 4.78 is 31.8. The molecule has 0 aromatic heterocycles. The van der Waals surface area contributed by atoms with Gasteiger partial charge in [-0.25, -0.2) is 0 Å². The number of piperidine rings is 1. The molecule has 10 heteroatoms. The highest BCUT2D eigenvalue weighted by Gasteiger charge is 2.34. The Kier molecular flexibility index (Phi) is 6.52. The van der Waals surface area contributed by atoms with Crippen LogP contribution in [0.1, 0.15) is 19.8 Å². The molecule has 0 spiro atoms. The molecule has 0 aromatic carbocycles. The lowest BCUT2D eigenvalue weighted by Gasteiger charge is -2.30. The Hall–Kier alpha value is -1.23. The van der Waals surface area contributed by atoms with Crippen molar-refractivity contribution < 1.29 is 33.0 Å². The number of nitrogens with zero attached hydrogens (tertiary/aromatic N) is 1. The molecule has 1 fully saturated rings. The Labute approximate surface area is 123 Å². The van der Waals surface area contributed by atoms with E-state index in [1.54, 1.807) is 6.92 Å². The van der Waals surface area contributed by atoms with Crippen molar-refractivity contribution in [2.24, 2.45) is 5.92 Å². The lowest BCUT2D eigenvalue weighted by Crippen LogP contribution is -2.52. The first-order chi connectivity index (χ1) is 9.81. The largest absolute Gasteiger partial charge is 0.480 e. The third kappa shape index (κ3) is 4.92. The van der Waals surface area contributed by atoms with Crippen molar-refractivity contribution in [3.63, 3.8) is 0 Å². The first-order valence-electron chi connectivity index (χ1n) is 6.59. The SMILES string of the molecule is CCOC(=O)C1CCN(S(=O)(=O)NC(CO)C(=O)O)CC1. The molecule has 0 saturated carbocycles. The van der Waals surface area contributed by atoms with Crippen molar-refractivity contribution in [3.05, 3.63) is 0 Å². The molecule has 9 nitrogen and oxygen atoms in total. The van der Waals surface area contributed by atoms with Crippen LogP contribution in [0, 0.1) is 5.92 Å². The standard InChI is InChI=1S/C11H20N2O7S/c1-2-20-11(17)8-3-5-13(6-4-8)21(18,19)12-9(7-14)10(15)16/h8-9,12,14H,2-7H2,1H3,(H,15,16). The van der Waals surface area contributed by atoms with Crippen molar-refractivity contribution in [1.29, 1.82) is 0 Å². The number of aliphatic hydroxyl groups excluding tert-OH is 1. The predicted molar refractivity (Wildman–Crippen MR) is 71.5 cm³/mol. The summed E-state index contributed by atoms with van der Waals surface area (Å²) in [5, 5.41) is 17.6. The summed E-state index contributed by atoms with van der Waals surface area (Å²) in [5.41, 5.74) is 0. The second kappa shape index (κ2) is 7.69. The molecule has 1 aliphatic rings. The zero-order chi connectivity index (χ0) is 16.0. The number of hydrogen-bond acceptors (Lipinski definition) is 6. The first kappa shape index (κ1) is 17.8. The van der Waals surface area contributed by atoms with Crippen LogP contribution in [0.5, 0.6) is 0 Å². The fourth-order valence-corrected chi connectivity index (χ4v) is 3.39. The molecule has 0 radical (unpaired) electrons. The molecule has 3 N–H and O–H groups in total. The van der Waals surface area contributed by atoms with Gasteiger partial charge in [-0.3, -0.25) is 9.59 Å².